The molecule has 5 nitrogen and oxygen atoms in total. The molecule has 0 unspecified atom stereocenters. The van der Waals surface area contributed by atoms with Crippen LogP contribution in [0.4, 0.5) is 5.13 Å². The average Bonchev–Trinajstić information content (AvgIpc) is 3.50. The molecule has 0 radical (unpaired) electrons. The number of carbonyl (C=O) groups is 1. The van der Waals surface area contributed by atoms with Gasteiger partial charge in [0.2, 0.25) is 0 Å². The fourth-order valence-electron chi connectivity index (χ4n) is 3.25. The highest BCUT2D eigenvalue weighted by Crippen LogP contribution is 2.36. The highest BCUT2D eigenvalue weighted by atomic mass is 32.1. The lowest BCUT2D eigenvalue weighted by Crippen LogP contribution is -2.09. The SMILES string of the molecule is Cc1nc2c(ccc3nc(NC(=O)c4ccc(-c5nc6ccccc6s5)s4)sc32)s1. The smallest absolute Gasteiger partial charge is 0.267 e. The largest absolute Gasteiger partial charge is 0.297 e. The van der Waals surface area contributed by atoms with Gasteiger partial charge in [-0.1, -0.05) is 23.5 Å². The Balaban J connectivity index is 1.29. The Kier molecular flexibility index (Phi) is 4.17. The number of nitrogens with zero attached hydrogens (tertiary/aromatic N) is 3. The summed E-state index contributed by atoms with van der Waals surface area (Å²) in [6, 6.07) is 15.9. The van der Waals surface area contributed by atoms with E-state index in [0.717, 1.165) is 45.5 Å². The molecule has 4 heterocycles. The van der Waals surface area contributed by atoms with Crippen molar-refractivity contribution in [3.05, 3.63) is 58.4 Å². The Bertz CT molecular complexity index is 1540. The number of benzene rings is 2. The zero-order valence-corrected chi connectivity index (χ0v) is 18.8. The fraction of sp³-hybridized carbons (Fsp3) is 0.0476. The van der Waals surface area contributed by atoms with Crippen molar-refractivity contribution in [1.82, 2.24) is 15.0 Å². The van der Waals surface area contributed by atoms with Crippen molar-refractivity contribution in [2.45, 2.75) is 6.92 Å². The predicted molar refractivity (Wildman–Crippen MR) is 128 cm³/mol. The van der Waals surface area contributed by atoms with Crippen molar-refractivity contribution in [2.75, 3.05) is 5.32 Å². The summed E-state index contributed by atoms with van der Waals surface area (Å²) in [5, 5.41) is 5.49. The van der Waals surface area contributed by atoms with Crippen molar-refractivity contribution in [1.29, 1.82) is 0 Å². The maximum Gasteiger partial charge on any atom is 0.267 e. The highest BCUT2D eigenvalue weighted by molar-refractivity contribution is 7.26. The zero-order chi connectivity index (χ0) is 20.2. The topological polar surface area (TPSA) is 67.8 Å². The van der Waals surface area contributed by atoms with E-state index in [4.69, 9.17) is 0 Å². The minimum absolute atomic E-state index is 0.155. The van der Waals surface area contributed by atoms with E-state index in [9.17, 15) is 4.79 Å². The van der Waals surface area contributed by atoms with E-state index < -0.39 is 0 Å². The summed E-state index contributed by atoms with van der Waals surface area (Å²) >= 11 is 6.21. The standard InChI is InChI=1S/C21H12N4OS4/c1-10-22-17-14(27-10)7-6-12-18(17)30-21(24-12)25-19(26)15-8-9-16(28-15)20-23-11-4-2-3-5-13(11)29-20/h2-9H,1H3,(H,24,25,26). The average molecular weight is 465 g/mol. The Morgan fingerprint density at radius 2 is 1.73 bits per heavy atom. The summed E-state index contributed by atoms with van der Waals surface area (Å²) in [5.41, 5.74) is 2.80. The second-order valence-electron chi connectivity index (χ2n) is 6.62. The first-order valence-electron chi connectivity index (χ1n) is 9.08. The van der Waals surface area contributed by atoms with Gasteiger partial charge in [-0.25, -0.2) is 15.0 Å². The van der Waals surface area contributed by atoms with Gasteiger partial charge in [-0.3, -0.25) is 10.1 Å². The third kappa shape index (κ3) is 3.02. The molecule has 30 heavy (non-hydrogen) atoms. The molecule has 2 aromatic carbocycles. The number of aromatic nitrogens is 3. The molecule has 0 spiro atoms. The second-order valence-corrected chi connectivity index (χ2v) is 11.0. The van der Waals surface area contributed by atoms with E-state index >= 15 is 0 Å². The molecule has 0 fully saturated rings. The molecule has 1 N–H and O–H groups in total. The minimum Gasteiger partial charge on any atom is -0.297 e. The molecule has 1 amide bonds. The van der Waals surface area contributed by atoms with Gasteiger partial charge in [0.25, 0.3) is 5.91 Å². The molecule has 0 aliphatic rings. The molecule has 0 saturated heterocycles. The number of amides is 1. The van der Waals surface area contributed by atoms with Gasteiger partial charge in [0.05, 0.1) is 39.9 Å². The Morgan fingerprint density at radius 1 is 0.833 bits per heavy atom. The maximum atomic E-state index is 12.8. The number of hydrogen-bond donors (Lipinski definition) is 1. The summed E-state index contributed by atoms with van der Waals surface area (Å²) in [6.07, 6.45) is 0. The van der Waals surface area contributed by atoms with Crippen molar-refractivity contribution in [3.8, 4) is 9.88 Å². The van der Waals surface area contributed by atoms with E-state index in [-0.39, 0.29) is 5.91 Å². The summed E-state index contributed by atoms with van der Waals surface area (Å²) in [7, 11) is 0. The predicted octanol–water partition coefficient (Wildman–Crippen LogP) is 6.80. The number of nitrogens with one attached hydrogen (secondary N) is 1. The number of para-hydroxylation sites is 1. The van der Waals surface area contributed by atoms with Crippen molar-refractivity contribution >= 4 is 87.0 Å². The Morgan fingerprint density at radius 3 is 2.63 bits per heavy atom. The molecule has 0 saturated carbocycles. The van der Waals surface area contributed by atoms with Gasteiger partial charge in [-0.2, -0.15) is 0 Å². The molecule has 6 aromatic rings. The molecule has 9 heteroatoms. The third-order valence-electron chi connectivity index (χ3n) is 4.58. The molecule has 0 aliphatic carbocycles. The van der Waals surface area contributed by atoms with Crippen LogP contribution in [0.1, 0.15) is 14.7 Å². The maximum absolute atomic E-state index is 12.8. The fourth-order valence-corrected chi connectivity index (χ4v) is 7.03. The van der Waals surface area contributed by atoms with Crippen molar-refractivity contribution in [2.24, 2.45) is 0 Å². The third-order valence-corrected chi connectivity index (χ3v) is 8.80. The number of anilines is 1. The minimum atomic E-state index is -0.155. The van der Waals surface area contributed by atoms with Crippen LogP contribution in [0.5, 0.6) is 0 Å². The number of rotatable bonds is 3. The highest BCUT2D eigenvalue weighted by Gasteiger charge is 2.16. The monoisotopic (exact) mass is 464 g/mol. The van der Waals surface area contributed by atoms with Crippen LogP contribution >= 0.6 is 45.3 Å². The zero-order valence-electron chi connectivity index (χ0n) is 15.5. The van der Waals surface area contributed by atoms with Gasteiger partial charge < -0.3 is 0 Å². The molecule has 146 valence electrons. The molecule has 0 atom stereocenters. The van der Waals surface area contributed by atoms with Crippen LogP contribution in [-0.4, -0.2) is 20.9 Å². The first-order valence-corrected chi connectivity index (χ1v) is 12.3. The molecular formula is C21H12N4OS4. The molecular weight excluding hydrogens is 453 g/mol. The van der Waals surface area contributed by atoms with Crippen LogP contribution in [0.15, 0.2) is 48.5 Å². The lowest BCUT2D eigenvalue weighted by Gasteiger charge is -1.97. The summed E-state index contributed by atoms with van der Waals surface area (Å²) < 4.78 is 3.29. The van der Waals surface area contributed by atoms with Crippen LogP contribution in [0.25, 0.3) is 40.5 Å². The van der Waals surface area contributed by atoms with Gasteiger partial charge in [-0.05, 0) is 43.3 Å². The van der Waals surface area contributed by atoms with Gasteiger partial charge in [0.15, 0.2) is 5.13 Å². The van der Waals surface area contributed by atoms with Crippen LogP contribution in [-0.2, 0) is 0 Å². The number of aryl methyl sites for hydroxylation is 1. The first kappa shape index (κ1) is 18.1. The van der Waals surface area contributed by atoms with Crippen molar-refractivity contribution < 1.29 is 4.79 Å². The number of fused-ring (bicyclic) bond motifs is 4. The summed E-state index contributed by atoms with van der Waals surface area (Å²) in [4.78, 5) is 28.3. The molecule has 6 rings (SSSR count). The molecule has 0 bridgehead atoms. The van der Waals surface area contributed by atoms with E-state index in [2.05, 4.69) is 26.3 Å². The van der Waals surface area contributed by atoms with E-state index in [1.54, 1.807) is 22.7 Å². The lowest BCUT2D eigenvalue weighted by atomic mass is 10.3. The van der Waals surface area contributed by atoms with E-state index in [1.807, 2.05) is 49.4 Å². The molecule has 4 aromatic heterocycles. The first-order chi connectivity index (χ1) is 14.6. The van der Waals surface area contributed by atoms with E-state index in [0.29, 0.717) is 10.0 Å². The van der Waals surface area contributed by atoms with Gasteiger partial charge >= 0.3 is 0 Å². The van der Waals surface area contributed by atoms with E-state index in [1.165, 1.54) is 22.7 Å². The summed E-state index contributed by atoms with van der Waals surface area (Å²) in [5.74, 6) is -0.155. The van der Waals surface area contributed by atoms with Gasteiger partial charge in [0.1, 0.15) is 10.5 Å². The Labute approximate surface area is 186 Å². The lowest BCUT2D eigenvalue weighted by molar-refractivity contribution is 0.103. The van der Waals surface area contributed by atoms with Gasteiger partial charge in [-0.15, -0.1) is 34.0 Å². The van der Waals surface area contributed by atoms with Crippen LogP contribution in [0, 0.1) is 6.92 Å². The summed E-state index contributed by atoms with van der Waals surface area (Å²) in [6.45, 7) is 2.00. The number of thiophene rings is 1. The second kappa shape index (κ2) is 6.92. The Hall–Kier alpha value is -2.72. The van der Waals surface area contributed by atoms with Gasteiger partial charge in [0, 0.05) is 0 Å². The number of thiazole rings is 3. The molecule has 0 aliphatic heterocycles. The number of carbonyl (C=O) groups excluding carboxylic acids is 1. The quantitative estimate of drug-likeness (QED) is 0.312. The number of hydrogen-bond acceptors (Lipinski definition) is 8. The normalized spacial score (nSPS) is 11.6. The van der Waals surface area contributed by atoms with Crippen LogP contribution in [0.3, 0.4) is 0 Å². The van der Waals surface area contributed by atoms with Crippen LogP contribution < -0.4 is 5.32 Å². The van der Waals surface area contributed by atoms with Crippen LogP contribution in [0.2, 0.25) is 0 Å². The van der Waals surface area contributed by atoms with Crippen molar-refractivity contribution in [3.63, 3.8) is 0 Å².